The molecule has 0 spiro atoms. The first-order valence-corrected chi connectivity index (χ1v) is 8.01. The topological polar surface area (TPSA) is 96.9 Å². The van der Waals surface area contributed by atoms with Crippen LogP contribution in [-0.2, 0) is 9.59 Å². The van der Waals surface area contributed by atoms with Crippen LogP contribution >= 0.6 is 11.8 Å². The third-order valence-corrected chi connectivity index (χ3v) is 3.83. The predicted octanol–water partition coefficient (Wildman–Crippen LogP) is 0.584. The Morgan fingerprint density at radius 1 is 1.32 bits per heavy atom. The molecule has 0 aromatic heterocycles. The first kappa shape index (κ1) is 16.4. The zero-order chi connectivity index (χ0) is 16.2. The molecule has 0 radical (unpaired) electrons. The molecule has 1 aliphatic heterocycles. The number of benzene rings is 1. The number of hydrogen-bond donors (Lipinski definition) is 3. The van der Waals surface area contributed by atoms with Gasteiger partial charge in [0.25, 0.3) is 0 Å². The fraction of sp³-hybridized carbons (Fsp3) is 0.429. The van der Waals surface area contributed by atoms with Gasteiger partial charge in [-0.05, 0) is 25.3 Å². The van der Waals surface area contributed by atoms with Gasteiger partial charge in [-0.25, -0.2) is 0 Å². The van der Waals surface area contributed by atoms with Gasteiger partial charge in [-0.3, -0.25) is 9.59 Å². The Hall–Kier alpha value is -1.93. The molecule has 1 aliphatic rings. The van der Waals surface area contributed by atoms with Crippen LogP contribution in [0, 0.1) is 0 Å². The van der Waals surface area contributed by atoms with Crippen molar-refractivity contribution in [1.29, 1.82) is 0 Å². The third-order valence-electron chi connectivity index (χ3n) is 2.92. The van der Waals surface area contributed by atoms with Crippen molar-refractivity contribution in [2.24, 2.45) is 0 Å². The maximum Gasteiger partial charge on any atom is 0.313 e. The van der Waals surface area contributed by atoms with Crippen molar-refractivity contribution in [3.05, 3.63) is 18.2 Å². The van der Waals surface area contributed by atoms with Gasteiger partial charge >= 0.3 is 11.8 Å². The minimum absolute atomic E-state index is 0.00122. The average molecular weight is 326 g/mol. The summed E-state index contributed by atoms with van der Waals surface area (Å²) in [7, 11) is 0. The van der Waals surface area contributed by atoms with Crippen molar-refractivity contribution >= 4 is 29.3 Å². The molecule has 2 rings (SSSR count). The minimum Gasteiger partial charge on any atom is -0.454 e. The quantitative estimate of drug-likeness (QED) is 0.685. The van der Waals surface area contributed by atoms with E-state index in [0.717, 1.165) is 0 Å². The summed E-state index contributed by atoms with van der Waals surface area (Å²) in [5.74, 6) is -0.0496. The molecular weight excluding hydrogens is 308 g/mol. The summed E-state index contributed by atoms with van der Waals surface area (Å²) in [6.45, 7) is 1.73. The smallest absolute Gasteiger partial charge is 0.313 e. The Balaban J connectivity index is 1.87. The fourth-order valence-corrected chi connectivity index (χ4v) is 2.60. The van der Waals surface area contributed by atoms with Gasteiger partial charge in [-0.1, -0.05) is 0 Å². The highest BCUT2D eigenvalue weighted by atomic mass is 32.2. The van der Waals surface area contributed by atoms with Crippen LogP contribution in [0.3, 0.4) is 0 Å². The fourth-order valence-electron chi connectivity index (χ4n) is 1.88. The molecule has 0 saturated carbocycles. The van der Waals surface area contributed by atoms with E-state index < -0.39 is 17.4 Å². The first-order valence-electron chi connectivity index (χ1n) is 6.61. The van der Waals surface area contributed by atoms with E-state index in [9.17, 15) is 14.7 Å². The van der Waals surface area contributed by atoms with E-state index in [1.807, 2.05) is 6.26 Å². The molecule has 1 aromatic carbocycles. The summed E-state index contributed by atoms with van der Waals surface area (Å²) < 4.78 is 10.4. The Morgan fingerprint density at radius 2 is 2.05 bits per heavy atom. The van der Waals surface area contributed by atoms with Crippen LogP contribution < -0.4 is 20.1 Å². The largest absolute Gasteiger partial charge is 0.454 e. The number of hydrogen-bond acceptors (Lipinski definition) is 6. The molecule has 2 amide bonds. The summed E-state index contributed by atoms with van der Waals surface area (Å²) in [6, 6.07) is 4.85. The van der Waals surface area contributed by atoms with Crippen LogP contribution in [0.25, 0.3) is 0 Å². The van der Waals surface area contributed by atoms with Crippen molar-refractivity contribution in [2.45, 2.75) is 12.5 Å². The zero-order valence-corrected chi connectivity index (χ0v) is 13.2. The second kappa shape index (κ2) is 6.89. The highest BCUT2D eigenvalue weighted by Gasteiger charge is 2.23. The number of rotatable bonds is 5. The molecular formula is C14H18N2O5S. The molecule has 1 unspecified atom stereocenters. The molecule has 0 fully saturated rings. The van der Waals surface area contributed by atoms with Crippen LogP contribution in [0.15, 0.2) is 18.2 Å². The number of aliphatic hydroxyl groups is 1. The SMILES string of the molecule is CSCC(C)(O)CNC(=O)C(=O)Nc1ccc2c(c1)OCO2. The lowest BCUT2D eigenvalue weighted by Gasteiger charge is -2.22. The van der Waals surface area contributed by atoms with E-state index in [2.05, 4.69) is 10.6 Å². The molecule has 3 N–H and O–H groups in total. The van der Waals surface area contributed by atoms with Crippen molar-refractivity contribution in [1.82, 2.24) is 5.32 Å². The van der Waals surface area contributed by atoms with E-state index in [1.54, 1.807) is 25.1 Å². The van der Waals surface area contributed by atoms with Gasteiger partial charge in [0.1, 0.15) is 0 Å². The number of carbonyl (C=O) groups excluding carboxylic acids is 2. The molecule has 1 atom stereocenters. The maximum absolute atomic E-state index is 11.8. The standard InChI is InChI=1S/C14H18N2O5S/c1-14(19,7-22-2)6-15-12(17)13(18)16-9-3-4-10-11(5-9)21-8-20-10/h3-5,19H,6-8H2,1-2H3,(H,15,17)(H,16,18). The molecule has 0 saturated heterocycles. The molecule has 0 bridgehead atoms. The average Bonchev–Trinajstić information content (AvgIpc) is 2.92. The third kappa shape index (κ3) is 4.28. The molecule has 0 aliphatic carbocycles. The van der Waals surface area contributed by atoms with Gasteiger partial charge in [-0.2, -0.15) is 11.8 Å². The summed E-state index contributed by atoms with van der Waals surface area (Å²) in [5, 5.41) is 14.8. The highest BCUT2D eigenvalue weighted by Crippen LogP contribution is 2.34. The minimum atomic E-state index is -1.06. The van der Waals surface area contributed by atoms with Gasteiger partial charge in [0.05, 0.1) is 5.60 Å². The molecule has 120 valence electrons. The molecule has 1 heterocycles. The number of anilines is 1. The van der Waals surface area contributed by atoms with Gasteiger partial charge in [-0.15, -0.1) is 0 Å². The number of amides is 2. The number of thioether (sulfide) groups is 1. The van der Waals surface area contributed by atoms with E-state index in [-0.39, 0.29) is 13.3 Å². The molecule has 7 nitrogen and oxygen atoms in total. The van der Waals surface area contributed by atoms with Crippen molar-refractivity contribution < 1.29 is 24.2 Å². The van der Waals surface area contributed by atoms with E-state index in [1.165, 1.54) is 11.8 Å². The summed E-state index contributed by atoms with van der Waals surface area (Å²) in [4.78, 5) is 23.5. The highest BCUT2D eigenvalue weighted by molar-refractivity contribution is 7.98. The monoisotopic (exact) mass is 326 g/mol. The number of nitrogens with one attached hydrogen (secondary N) is 2. The Bertz CT molecular complexity index is 576. The van der Waals surface area contributed by atoms with Crippen LogP contribution in [0.4, 0.5) is 5.69 Å². The van der Waals surface area contributed by atoms with Gasteiger partial charge in [0.15, 0.2) is 11.5 Å². The van der Waals surface area contributed by atoms with Crippen LogP contribution in [-0.4, -0.2) is 47.9 Å². The number of ether oxygens (including phenoxy) is 2. The van der Waals surface area contributed by atoms with Crippen molar-refractivity contribution in [3.63, 3.8) is 0 Å². The Kier molecular flexibility index (Phi) is 5.15. The van der Waals surface area contributed by atoms with Gasteiger partial charge in [0, 0.05) is 24.1 Å². The first-order chi connectivity index (χ1) is 10.4. The summed E-state index contributed by atoms with van der Waals surface area (Å²) in [5.41, 5.74) is -0.631. The zero-order valence-electron chi connectivity index (χ0n) is 12.3. The van der Waals surface area contributed by atoms with E-state index in [0.29, 0.717) is 22.9 Å². The lowest BCUT2D eigenvalue weighted by molar-refractivity contribution is -0.136. The Morgan fingerprint density at radius 3 is 2.77 bits per heavy atom. The van der Waals surface area contributed by atoms with Crippen LogP contribution in [0.1, 0.15) is 6.92 Å². The van der Waals surface area contributed by atoms with E-state index in [4.69, 9.17) is 9.47 Å². The molecule has 22 heavy (non-hydrogen) atoms. The maximum atomic E-state index is 11.8. The second-order valence-corrected chi connectivity index (χ2v) is 6.00. The Labute approximate surface area is 132 Å². The van der Waals surface area contributed by atoms with Gasteiger partial charge in [0.2, 0.25) is 6.79 Å². The lowest BCUT2D eigenvalue weighted by Crippen LogP contribution is -2.45. The van der Waals surface area contributed by atoms with E-state index >= 15 is 0 Å². The molecule has 8 heteroatoms. The van der Waals surface area contributed by atoms with Crippen LogP contribution in [0.2, 0.25) is 0 Å². The lowest BCUT2D eigenvalue weighted by atomic mass is 10.1. The number of fused-ring (bicyclic) bond motifs is 1. The molecule has 1 aromatic rings. The van der Waals surface area contributed by atoms with Crippen molar-refractivity contribution in [3.8, 4) is 11.5 Å². The summed E-state index contributed by atoms with van der Waals surface area (Å²) >= 11 is 1.46. The van der Waals surface area contributed by atoms with Gasteiger partial charge < -0.3 is 25.2 Å². The second-order valence-electron chi connectivity index (χ2n) is 5.13. The number of carbonyl (C=O) groups is 2. The summed E-state index contributed by atoms with van der Waals surface area (Å²) in [6.07, 6.45) is 1.85. The predicted molar refractivity (Wildman–Crippen MR) is 83.2 cm³/mol. The normalized spacial score (nSPS) is 15.0. The van der Waals surface area contributed by atoms with Crippen molar-refractivity contribution in [2.75, 3.05) is 30.7 Å². The van der Waals surface area contributed by atoms with Crippen LogP contribution in [0.5, 0.6) is 11.5 Å².